The number of rotatable bonds is 7. The number of hydrogen-bond acceptors (Lipinski definition) is 9. The molecule has 9 nitrogen and oxygen atoms in total. The third kappa shape index (κ3) is 4.62. The summed E-state index contributed by atoms with van der Waals surface area (Å²) in [4.78, 5) is 14.6. The van der Waals surface area contributed by atoms with Crippen molar-refractivity contribution in [1.82, 2.24) is 29.7 Å². The van der Waals surface area contributed by atoms with E-state index in [1.807, 2.05) is 49.0 Å². The number of furan rings is 1. The topological polar surface area (TPSA) is 112 Å². The lowest BCUT2D eigenvalue weighted by Gasteiger charge is -2.12. The van der Waals surface area contributed by atoms with Crippen LogP contribution in [0.4, 0.5) is 11.9 Å². The number of thioether (sulfide) groups is 1. The van der Waals surface area contributed by atoms with Gasteiger partial charge in [0.15, 0.2) is 15.6 Å². The molecule has 11 heteroatoms. The lowest BCUT2D eigenvalue weighted by atomic mass is 10.2. The lowest BCUT2D eigenvalue weighted by Crippen LogP contribution is -2.16. The van der Waals surface area contributed by atoms with Gasteiger partial charge >= 0.3 is 0 Å². The molecule has 1 aromatic carbocycles. The molecular weight excluding hydrogens is 468 g/mol. The molecule has 3 aromatic heterocycles. The van der Waals surface area contributed by atoms with Gasteiger partial charge in [-0.1, -0.05) is 42.1 Å². The molecule has 4 rings (SSSR count). The maximum Gasteiger partial charge on any atom is 0.229 e. The molecule has 0 bridgehead atoms. The monoisotopic (exact) mass is 486 g/mol. The van der Waals surface area contributed by atoms with E-state index in [-0.39, 0.29) is 5.95 Å². The van der Waals surface area contributed by atoms with Gasteiger partial charge in [-0.15, -0.1) is 10.2 Å². The minimum absolute atomic E-state index is 0.191. The first kappa shape index (κ1) is 20.4. The zero-order chi connectivity index (χ0) is 21.1. The van der Waals surface area contributed by atoms with Crippen LogP contribution in [0, 0.1) is 0 Å². The summed E-state index contributed by atoms with van der Waals surface area (Å²) in [6.45, 7) is 0.603. The standard InChI is InChI=1S/C19H19BrN8OS/c1-27(2)18-23-15(22-17(21)24-18)11-30-19-26-25-16(13-8-9-14(20)29-13)28(19)10-12-6-4-3-5-7-12/h3-9H,10-11H2,1-2H3,(H2,21,22,23,24). The second-order valence-corrected chi connectivity index (χ2v) is 8.30. The van der Waals surface area contributed by atoms with Crippen molar-refractivity contribution in [3.8, 4) is 11.6 Å². The molecule has 0 radical (unpaired) electrons. The third-order valence-electron chi connectivity index (χ3n) is 4.11. The Hall–Kier alpha value is -2.92. The average molecular weight is 487 g/mol. The molecule has 0 saturated heterocycles. The molecule has 154 valence electrons. The summed E-state index contributed by atoms with van der Waals surface area (Å²) in [7, 11) is 3.71. The van der Waals surface area contributed by atoms with Crippen LogP contribution in [0.2, 0.25) is 0 Å². The van der Waals surface area contributed by atoms with Gasteiger partial charge < -0.3 is 15.1 Å². The fraction of sp³-hybridized carbons (Fsp3) is 0.211. The maximum absolute atomic E-state index is 5.83. The van der Waals surface area contributed by atoms with Crippen LogP contribution < -0.4 is 10.6 Å². The molecule has 2 N–H and O–H groups in total. The van der Waals surface area contributed by atoms with E-state index in [1.165, 1.54) is 11.8 Å². The molecule has 0 saturated carbocycles. The molecule has 0 unspecified atom stereocenters. The molecule has 0 aliphatic rings. The fourth-order valence-corrected chi connectivity index (χ4v) is 3.84. The summed E-state index contributed by atoms with van der Waals surface area (Å²) >= 11 is 4.83. The van der Waals surface area contributed by atoms with Gasteiger partial charge in [-0.25, -0.2) is 0 Å². The van der Waals surface area contributed by atoms with Crippen LogP contribution in [0.1, 0.15) is 11.4 Å². The van der Waals surface area contributed by atoms with Crippen LogP contribution in [0.15, 0.2) is 56.7 Å². The number of halogens is 1. The Morgan fingerprint density at radius 2 is 1.87 bits per heavy atom. The van der Waals surface area contributed by atoms with E-state index in [1.54, 1.807) is 4.90 Å². The van der Waals surface area contributed by atoms with Crippen LogP contribution in [-0.2, 0) is 12.3 Å². The molecule has 0 aliphatic heterocycles. The quantitative estimate of drug-likeness (QED) is 0.392. The van der Waals surface area contributed by atoms with E-state index in [0.717, 1.165) is 10.7 Å². The van der Waals surface area contributed by atoms with Crippen molar-refractivity contribution in [1.29, 1.82) is 0 Å². The Labute approximate surface area is 185 Å². The van der Waals surface area contributed by atoms with Gasteiger partial charge in [0.2, 0.25) is 17.7 Å². The third-order valence-corrected chi connectivity index (χ3v) is 5.50. The van der Waals surface area contributed by atoms with Gasteiger partial charge in [0, 0.05) is 14.1 Å². The van der Waals surface area contributed by atoms with Crippen molar-refractivity contribution in [3.05, 3.63) is 58.5 Å². The zero-order valence-corrected chi connectivity index (χ0v) is 18.8. The first-order valence-electron chi connectivity index (χ1n) is 9.03. The highest BCUT2D eigenvalue weighted by atomic mass is 79.9. The highest BCUT2D eigenvalue weighted by Crippen LogP contribution is 2.29. The van der Waals surface area contributed by atoms with Crippen molar-refractivity contribution in [3.63, 3.8) is 0 Å². The first-order valence-corrected chi connectivity index (χ1v) is 10.8. The number of nitrogens with zero attached hydrogens (tertiary/aromatic N) is 7. The summed E-state index contributed by atoms with van der Waals surface area (Å²) in [5.41, 5.74) is 6.96. The first-order chi connectivity index (χ1) is 14.5. The van der Waals surface area contributed by atoms with E-state index in [9.17, 15) is 0 Å². The minimum atomic E-state index is 0.191. The number of hydrogen-bond donors (Lipinski definition) is 1. The molecule has 0 amide bonds. The molecule has 0 atom stereocenters. The van der Waals surface area contributed by atoms with Gasteiger partial charge in [-0.2, -0.15) is 15.0 Å². The average Bonchev–Trinajstić information content (AvgIpc) is 3.32. The Bertz CT molecular complexity index is 1140. The van der Waals surface area contributed by atoms with Crippen LogP contribution in [-0.4, -0.2) is 43.8 Å². The molecule has 4 aromatic rings. The number of benzene rings is 1. The van der Waals surface area contributed by atoms with Crippen LogP contribution in [0.3, 0.4) is 0 Å². The van der Waals surface area contributed by atoms with Crippen molar-refractivity contribution in [2.24, 2.45) is 0 Å². The normalized spacial score (nSPS) is 11.0. The minimum Gasteiger partial charge on any atom is -0.446 e. The zero-order valence-electron chi connectivity index (χ0n) is 16.4. The number of anilines is 2. The molecule has 30 heavy (non-hydrogen) atoms. The van der Waals surface area contributed by atoms with Gasteiger partial charge in [0.1, 0.15) is 5.82 Å². The number of aromatic nitrogens is 6. The van der Waals surface area contributed by atoms with Crippen molar-refractivity contribution < 1.29 is 4.42 Å². The van der Waals surface area contributed by atoms with E-state index in [2.05, 4.69) is 53.2 Å². The molecule has 0 aliphatic carbocycles. The van der Waals surface area contributed by atoms with E-state index in [4.69, 9.17) is 10.2 Å². The van der Waals surface area contributed by atoms with Gasteiger partial charge in [0.05, 0.1) is 12.3 Å². The second kappa shape index (κ2) is 8.84. The Balaban J connectivity index is 1.64. The summed E-state index contributed by atoms with van der Waals surface area (Å²) in [6.07, 6.45) is 0. The summed E-state index contributed by atoms with van der Waals surface area (Å²) in [5.74, 6) is 3.05. The van der Waals surface area contributed by atoms with Crippen LogP contribution in [0.25, 0.3) is 11.6 Å². The Morgan fingerprint density at radius 1 is 1.07 bits per heavy atom. The molecule has 3 heterocycles. The van der Waals surface area contributed by atoms with Gasteiger partial charge in [-0.3, -0.25) is 4.57 Å². The smallest absolute Gasteiger partial charge is 0.229 e. The highest BCUT2D eigenvalue weighted by molar-refractivity contribution is 9.10. The summed E-state index contributed by atoms with van der Waals surface area (Å²) in [5, 5.41) is 9.47. The molecule has 0 spiro atoms. The predicted molar refractivity (Wildman–Crippen MR) is 119 cm³/mol. The van der Waals surface area contributed by atoms with Crippen molar-refractivity contribution >= 4 is 39.6 Å². The van der Waals surface area contributed by atoms with Gasteiger partial charge in [0.25, 0.3) is 0 Å². The largest absolute Gasteiger partial charge is 0.446 e. The van der Waals surface area contributed by atoms with Crippen molar-refractivity contribution in [2.75, 3.05) is 24.7 Å². The molecule has 0 fully saturated rings. The number of nitrogens with two attached hydrogens (primary N) is 1. The van der Waals surface area contributed by atoms with E-state index < -0.39 is 0 Å². The van der Waals surface area contributed by atoms with Gasteiger partial charge in [-0.05, 0) is 33.6 Å². The second-order valence-electron chi connectivity index (χ2n) is 6.57. The summed E-state index contributed by atoms with van der Waals surface area (Å²) in [6, 6.07) is 13.8. The van der Waals surface area contributed by atoms with E-state index >= 15 is 0 Å². The summed E-state index contributed by atoms with van der Waals surface area (Å²) < 4.78 is 8.36. The Kier molecular flexibility index (Phi) is 6.00. The van der Waals surface area contributed by atoms with E-state index in [0.29, 0.717) is 40.3 Å². The lowest BCUT2D eigenvalue weighted by molar-refractivity contribution is 0.545. The SMILES string of the molecule is CN(C)c1nc(N)nc(CSc2nnc(-c3ccc(Br)o3)n2Cc2ccccc2)n1. The predicted octanol–water partition coefficient (Wildman–Crippen LogP) is 3.47. The molecular formula is C19H19BrN8OS. The fourth-order valence-electron chi connectivity index (χ4n) is 2.74. The maximum atomic E-state index is 5.83. The van der Waals surface area contributed by atoms with Crippen LogP contribution >= 0.6 is 27.7 Å². The van der Waals surface area contributed by atoms with Crippen LogP contribution in [0.5, 0.6) is 0 Å². The highest BCUT2D eigenvalue weighted by Gasteiger charge is 2.18. The van der Waals surface area contributed by atoms with Crippen molar-refractivity contribution in [2.45, 2.75) is 17.5 Å². The Morgan fingerprint density at radius 3 is 2.57 bits per heavy atom. The number of nitrogen functional groups attached to an aromatic ring is 1.